The van der Waals surface area contributed by atoms with Crippen LogP contribution >= 0.6 is 0 Å². The molecule has 1 atom stereocenters. The van der Waals surface area contributed by atoms with Crippen molar-refractivity contribution in [3.8, 4) is 0 Å². The van der Waals surface area contributed by atoms with Gasteiger partial charge < -0.3 is 5.11 Å². The van der Waals surface area contributed by atoms with E-state index in [9.17, 15) is 4.79 Å². The summed E-state index contributed by atoms with van der Waals surface area (Å²) in [5, 5.41) is 13.2. The minimum absolute atomic E-state index is 0.236. The number of rotatable bonds is 6. The molecule has 0 fully saturated rings. The van der Waals surface area contributed by atoms with Gasteiger partial charge in [0, 0.05) is 13.2 Å². The summed E-state index contributed by atoms with van der Waals surface area (Å²) in [5.74, 6) is -0.493. The number of aryl methyl sites for hydroxylation is 2. The zero-order valence-corrected chi connectivity index (χ0v) is 10.2. The van der Waals surface area contributed by atoms with Gasteiger partial charge in [0.05, 0.1) is 12.1 Å². The van der Waals surface area contributed by atoms with Crippen LogP contribution in [0.15, 0.2) is 12.4 Å². The largest absolute Gasteiger partial charge is 0.481 e. The molecular weight excluding hydrogens is 204 g/mol. The predicted octanol–water partition coefficient (Wildman–Crippen LogP) is 2.10. The molecule has 0 aliphatic carbocycles. The van der Waals surface area contributed by atoms with E-state index < -0.39 is 5.97 Å². The monoisotopic (exact) mass is 224 g/mol. The molecule has 1 unspecified atom stereocenters. The first kappa shape index (κ1) is 12.7. The quantitative estimate of drug-likeness (QED) is 0.805. The Balaban J connectivity index is 2.46. The standard InChI is InChI=1S/C12H20N2O2/c1-9(2)6-11(12(15)16)5-4-10-7-13-14(3)8-10/h7-9,11H,4-6H2,1-3H3,(H,15,16). The second-order valence-corrected chi connectivity index (χ2v) is 4.73. The molecule has 0 aliphatic heterocycles. The average molecular weight is 224 g/mol. The molecule has 0 amide bonds. The van der Waals surface area contributed by atoms with Gasteiger partial charge in [-0.05, 0) is 30.7 Å². The van der Waals surface area contributed by atoms with Crippen molar-refractivity contribution < 1.29 is 9.90 Å². The second-order valence-electron chi connectivity index (χ2n) is 4.73. The molecule has 16 heavy (non-hydrogen) atoms. The van der Waals surface area contributed by atoms with Crippen molar-refractivity contribution in [3.05, 3.63) is 18.0 Å². The van der Waals surface area contributed by atoms with Gasteiger partial charge in [0.1, 0.15) is 0 Å². The third kappa shape index (κ3) is 4.04. The molecule has 1 heterocycles. The van der Waals surface area contributed by atoms with E-state index >= 15 is 0 Å². The van der Waals surface area contributed by atoms with E-state index in [1.807, 2.05) is 13.2 Å². The van der Waals surface area contributed by atoms with E-state index in [0.29, 0.717) is 12.3 Å². The Hall–Kier alpha value is -1.32. The molecule has 1 N–H and O–H groups in total. The normalized spacial score (nSPS) is 13.0. The van der Waals surface area contributed by atoms with Crippen LogP contribution in [0.25, 0.3) is 0 Å². The summed E-state index contributed by atoms with van der Waals surface area (Å²) in [6, 6.07) is 0. The number of carbonyl (C=O) groups is 1. The van der Waals surface area contributed by atoms with Crippen molar-refractivity contribution in [2.75, 3.05) is 0 Å². The maximum Gasteiger partial charge on any atom is 0.306 e. The number of hydrogen-bond donors (Lipinski definition) is 1. The van der Waals surface area contributed by atoms with Gasteiger partial charge in [-0.1, -0.05) is 13.8 Å². The van der Waals surface area contributed by atoms with Crippen LogP contribution in [0.4, 0.5) is 0 Å². The number of carboxylic acids is 1. The lowest BCUT2D eigenvalue weighted by atomic mass is 9.92. The first-order valence-corrected chi connectivity index (χ1v) is 5.69. The molecule has 1 rings (SSSR count). The second kappa shape index (κ2) is 5.68. The highest BCUT2D eigenvalue weighted by molar-refractivity contribution is 5.69. The van der Waals surface area contributed by atoms with Crippen molar-refractivity contribution >= 4 is 5.97 Å². The Morgan fingerprint density at radius 1 is 1.56 bits per heavy atom. The van der Waals surface area contributed by atoms with Crippen molar-refractivity contribution in [1.29, 1.82) is 0 Å². The van der Waals surface area contributed by atoms with Crippen LogP contribution in [0.1, 0.15) is 32.3 Å². The van der Waals surface area contributed by atoms with Crippen molar-refractivity contribution in [1.82, 2.24) is 9.78 Å². The highest BCUT2D eigenvalue weighted by atomic mass is 16.4. The molecule has 0 aromatic carbocycles. The summed E-state index contributed by atoms with van der Waals surface area (Å²) < 4.78 is 1.74. The zero-order valence-electron chi connectivity index (χ0n) is 10.2. The predicted molar refractivity (Wildman–Crippen MR) is 62.1 cm³/mol. The van der Waals surface area contributed by atoms with Gasteiger partial charge in [-0.3, -0.25) is 9.48 Å². The number of nitrogens with zero attached hydrogens (tertiary/aromatic N) is 2. The Labute approximate surface area is 96.3 Å². The Bertz CT molecular complexity index is 345. The third-order valence-corrected chi connectivity index (χ3v) is 2.64. The van der Waals surface area contributed by atoms with E-state index in [0.717, 1.165) is 18.4 Å². The molecule has 90 valence electrons. The molecule has 1 aromatic heterocycles. The summed E-state index contributed by atoms with van der Waals surface area (Å²) in [6.45, 7) is 4.11. The van der Waals surface area contributed by atoms with E-state index in [1.54, 1.807) is 10.9 Å². The number of carboxylic acid groups (broad SMARTS) is 1. The lowest BCUT2D eigenvalue weighted by molar-refractivity contribution is -0.142. The van der Waals surface area contributed by atoms with Gasteiger partial charge in [0.25, 0.3) is 0 Å². The van der Waals surface area contributed by atoms with Gasteiger partial charge in [0.15, 0.2) is 0 Å². The molecule has 0 aliphatic rings. The summed E-state index contributed by atoms with van der Waals surface area (Å²) in [7, 11) is 1.87. The number of hydrogen-bond acceptors (Lipinski definition) is 2. The van der Waals surface area contributed by atoms with Gasteiger partial charge >= 0.3 is 5.97 Å². The maximum atomic E-state index is 11.0. The molecular formula is C12H20N2O2. The van der Waals surface area contributed by atoms with Gasteiger partial charge in [0.2, 0.25) is 0 Å². The highest BCUT2D eigenvalue weighted by Gasteiger charge is 2.18. The summed E-state index contributed by atoms with van der Waals surface area (Å²) in [4.78, 5) is 11.0. The topological polar surface area (TPSA) is 55.1 Å². The fraction of sp³-hybridized carbons (Fsp3) is 0.667. The van der Waals surface area contributed by atoms with E-state index in [2.05, 4.69) is 18.9 Å². The van der Waals surface area contributed by atoms with Crippen LogP contribution in [-0.4, -0.2) is 20.9 Å². The summed E-state index contributed by atoms with van der Waals surface area (Å²) >= 11 is 0. The van der Waals surface area contributed by atoms with Crippen LogP contribution in [0, 0.1) is 11.8 Å². The van der Waals surface area contributed by atoms with E-state index in [1.165, 1.54) is 0 Å². The summed E-state index contributed by atoms with van der Waals surface area (Å²) in [5.41, 5.74) is 1.11. The van der Waals surface area contributed by atoms with Gasteiger partial charge in [-0.15, -0.1) is 0 Å². The van der Waals surface area contributed by atoms with E-state index in [-0.39, 0.29) is 5.92 Å². The van der Waals surface area contributed by atoms with Crippen molar-refractivity contribution in [3.63, 3.8) is 0 Å². The molecule has 0 saturated heterocycles. The smallest absolute Gasteiger partial charge is 0.306 e. The first-order valence-electron chi connectivity index (χ1n) is 5.69. The SMILES string of the molecule is CC(C)CC(CCc1cnn(C)c1)C(=O)O. The van der Waals surface area contributed by atoms with Crippen LogP contribution < -0.4 is 0 Å². The molecule has 0 spiro atoms. The zero-order chi connectivity index (χ0) is 12.1. The van der Waals surface area contributed by atoms with Crippen LogP contribution in [0.2, 0.25) is 0 Å². The lowest BCUT2D eigenvalue weighted by Gasteiger charge is -2.13. The minimum Gasteiger partial charge on any atom is -0.481 e. The lowest BCUT2D eigenvalue weighted by Crippen LogP contribution is -2.16. The summed E-state index contributed by atoms with van der Waals surface area (Å²) in [6.07, 6.45) is 5.97. The molecule has 0 bridgehead atoms. The molecule has 0 radical (unpaired) electrons. The van der Waals surface area contributed by atoms with Crippen LogP contribution in [0.5, 0.6) is 0 Å². The Morgan fingerprint density at radius 2 is 2.25 bits per heavy atom. The number of aliphatic carboxylic acids is 1. The fourth-order valence-electron chi connectivity index (χ4n) is 1.85. The maximum absolute atomic E-state index is 11.0. The number of aromatic nitrogens is 2. The molecule has 1 aromatic rings. The minimum atomic E-state index is -0.683. The first-order chi connectivity index (χ1) is 7.49. The third-order valence-electron chi connectivity index (χ3n) is 2.64. The average Bonchev–Trinajstić information content (AvgIpc) is 2.58. The fourth-order valence-corrected chi connectivity index (χ4v) is 1.85. The molecule has 4 heteroatoms. The van der Waals surface area contributed by atoms with E-state index in [4.69, 9.17) is 5.11 Å². The van der Waals surface area contributed by atoms with Gasteiger partial charge in [-0.2, -0.15) is 5.10 Å². The van der Waals surface area contributed by atoms with Gasteiger partial charge in [-0.25, -0.2) is 0 Å². The van der Waals surface area contributed by atoms with Crippen LogP contribution in [0.3, 0.4) is 0 Å². The highest BCUT2D eigenvalue weighted by Crippen LogP contribution is 2.18. The Kier molecular flexibility index (Phi) is 4.52. The van der Waals surface area contributed by atoms with Crippen LogP contribution in [-0.2, 0) is 18.3 Å². The van der Waals surface area contributed by atoms with Crippen molar-refractivity contribution in [2.45, 2.75) is 33.1 Å². The molecule has 0 saturated carbocycles. The molecule has 4 nitrogen and oxygen atoms in total. The Morgan fingerprint density at radius 3 is 2.69 bits per heavy atom. The van der Waals surface area contributed by atoms with Crippen molar-refractivity contribution in [2.24, 2.45) is 18.9 Å².